The highest BCUT2D eigenvalue weighted by molar-refractivity contribution is 5.89. The lowest BCUT2D eigenvalue weighted by Crippen LogP contribution is -2.27. The third kappa shape index (κ3) is 7.37. The van der Waals surface area contributed by atoms with Crippen LogP contribution in [0.3, 0.4) is 0 Å². The van der Waals surface area contributed by atoms with Crippen molar-refractivity contribution in [1.82, 2.24) is 4.90 Å². The number of unbranched alkanes of at least 4 members (excludes halogenated alkanes) is 3. The summed E-state index contributed by atoms with van der Waals surface area (Å²) in [4.78, 5) is 14.1. The van der Waals surface area contributed by atoms with Crippen LogP contribution in [0.5, 0.6) is 5.75 Å². The van der Waals surface area contributed by atoms with Gasteiger partial charge in [-0.25, -0.2) is 0 Å². The number of rotatable bonds is 12. The van der Waals surface area contributed by atoms with E-state index >= 15 is 0 Å². The predicted octanol–water partition coefficient (Wildman–Crippen LogP) is 6.83. The normalized spacial score (nSPS) is 11.7. The summed E-state index contributed by atoms with van der Waals surface area (Å²) in [5.41, 5.74) is 5.19. The largest absolute Gasteiger partial charge is 0.497 e. The highest BCUT2D eigenvalue weighted by atomic mass is 16.5. The van der Waals surface area contributed by atoms with E-state index in [1.165, 1.54) is 22.3 Å². The van der Waals surface area contributed by atoms with Gasteiger partial charge in [0.2, 0.25) is 5.91 Å². The molecule has 0 saturated carbocycles. The Hall–Kier alpha value is -2.55. The number of benzene rings is 2. The summed E-state index contributed by atoms with van der Waals surface area (Å²) in [5.74, 6) is 1.15. The molecule has 0 unspecified atom stereocenters. The first-order chi connectivity index (χ1) is 14.6. The number of amides is 1. The van der Waals surface area contributed by atoms with Crippen molar-refractivity contribution in [3.63, 3.8) is 0 Å². The van der Waals surface area contributed by atoms with Crippen LogP contribution in [-0.4, -0.2) is 31.5 Å². The van der Waals surface area contributed by atoms with Crippen LogP contribution >= 0.6 is 0 Å². The van der Waals surface area contributed by atoms with E-state index in [0.29, 0.717) is 6.42 Å². The van der Waals surface area contributed by atoms with Crippen molar-refractivity contribution in [2.75, 3.05) is 20.7 Å². The molecule has 0 bridgehead atoms. The zero-order valence-electron chi connectivity index (χ0n) is 19.1. The Balaban J connectivity index is 1.99. The Morgan fingerprint density at radius 2 is 1.53 bits per heavy atom. The van der Waals surface area contributed by atoms with Crippen LogP contribution in [0.25, 0.3) is 11.1 Å². The Morgan fingerprint density at radius 1 is 0.867 bits per heavy atom. The van der Waals surface area contributed by atoms with Crippen LogP contribution in [0.15, 0.2) is 54.6 Å². The minimum Gasteiger partial charge on any atom is -0.497 e. The summed E-state index contributed by atoms with van der Waals surface area (Å²) < 4.78 is 5.30. The molecule has 0 aliphatic carbocycles. The van der Waals surface area contributed by atoms with Crippen LogP contribution in [0.4, 0.5) is 0 Å². The Morgan fingerprint density at radius 3 is 2.17 bits per heavy atom. The van der Waals surface area contributed by atoms with Crippen molar-refractivity contribution < 1.29 is 9.53 Å². The number of allylic oxidation sites excluding steroid dienone is 2. The first kappa shape index (κ1) is 23.7. The number of hydrogen-bond acceptors (Lipinski definition) is 2. The molecule has 30 heavy (non-hydrogen) atoms. The molecule has 3 nitrogen and oxygen atoms in total. The highest BCUT2D eigenvalue weighted by Crippen LogP contribution is 2.31. The van der Waals surface area contributed by atoms with E-state index in [-0.39, 0.29) is 5.91 Å². The molecule has 0 spiro atoms. The van der Waals surface area contributed by atoms with Crippen molar-refractivity contribution in [1.29, 1.82) is 0 Å². The van der Waals surface area contributed by atoms with E-state index in [4.69, 9.17) is 4.74 Å². The smallest absolute Gasteiger partial charge is 0.222 e. The average Bonchev–Trinajstić information content (AvgIpc) is 2.79. The molecule has 3 heteroatoms. The van der Waals surface area contributed by atoms with E-state index < -0.39 is 0 Å². The van der Waals surface area contributed by atoms with Gasteiger partial charge in [-0.15, -0.1) is 0 Å². The van der Waals surface area contributed by atoms with Gasteiger partial charge in [-0.05, 0) is 67.0 Å². The summed E-state index contributed by atoms with van der Waals surface area (Å²) in [7, 11) is 3.62. The standard InChI is InChI=1S/C27H37NO2/c1-5-6-21-28(3)27(29)16-12-8-11-15-26(24-13-9-7-10-14-24)22(2)23-17-19-25(30-4)20-18-23/h7,9-10,13-14,17-20H,5-6,8,11-12,15-16,21H2,1-4H3/b26-22+. The number of methoxy groups -OCH3 is 1. The molecule has 162 valence electrons. The van der Waals surface area contributed by atoms with Crippen LogP contribution in [-0.2, 0) is 4.79 Å². The van der Waals surface area contributed by atoms with Gasteiger partial charge in [-0.1, -0.05) is 62.2 Å². The molecule has 2 rings (SSSR count). The second-order valence-corrected chi connectivity index (χ2v) is 7.93. The lowest BCUT2D eigenvalue weighted by atomic mass is 9.91. The number of nitrogens with zero attached hydrogens (tertiary/aromatic N) is 1. The summed E-state index contributed by atoms with van der Waals surface area (Å²) in [6, 6.07) is 18.9. The van der Waals surface area contributed by atoms with Gasteiger partial charge in [0.25, 0.3) is 0 Å². The summed E-state index contributed by atoms with van der Waals surface area (Å²) in [6.45, 7) is 5.23. The quantitative estimate of drug-likeness (QED) is 0.285. The molecule has 1 amide bonds. The summed E-state index contributed by atoms with van der Waals surface area (Å²) in [5, 5.41) is 0. The number of ether oxygens (including phenoxy) is 1. The van der Waals surface area contributed by atoms with Crippen LogP contribution in [0.2, 0.25) is 0 Å². The lowest BCUT2D eigenvalue weighted by molar-refractivity contribution is -0.130. The maximum atomic E-state index is 12.2. The molecule has 0 aromatic heterocycles. The van der Waals surface area contributed by atoms with Gasteiger partial charge in [0, 0.05) is 20.0 Å². The fraction of sp³-hybridized carbons (Fsp3) is 0.444. The molecule has 2 aromatic rings. The van der Waals surface area contributed by atoms with Gasteiger partial charge in [-0.2, -0.15) is 0 Å². The molecule has 0 aliphatic heterocycles. The Kier molecular flexibility index (Phi) is 10.2. The van der Waals surface area contributed by atoms with Gasteiger partial charge in [0.1, 0.15) is 5.75 Å². The molecule has 0 N–H and O–H groups in total. The van der Waals surface area contributed by atoms with Crippen LogP contribution in [0, 0.1) is 0 Å². The van der Waals surface area contributed by atoms with Crippen molar-refractivity contribution in [3.8, 4) is 5.75 Å². The van der Waals surface area contributed by atoms with E-state index in [9.17, 15) is 4.79 Å². The second-order valence-electron chi connectivity index (χ2n) is 7.93. The van der Waals surface area contributed by atoms with Gasteiger partial charge in [0.15, 0.2) is 0 Å². The topological polar surface area (TPSA) is 29.5 Å². The van der Waals surface area contributed by atoms with E-state index in [0.717, 1.165) is 50.8 Å². The van der Waals surface area contributed by atoms with Crippen molar-refractivity contribution in [3.05, 3.63) is 65.7 Å². The van der Waals surface area contributed by atoms with Crippen molar-refractivity contribution >= 4 is 17.1 Å². The average molecular weight is 408 g/mol. The molecule has 2 aromatic carbocycles. The minimum atomic E-state index is 0.275. The number of carbonyl (C=O) groups is 1. The maximum absolute atomic E-state index is 12.2. The molecule has 0 aliphatic rings. The first-order valence-electron chi connectivity index (χ1n) is 11.2. The fourth-order valence-corrected chi connectivity index (χ4v) is 3.67. The summed E-state index contributed by atoms with van der Waals surface area (Å²) in [6.07, 6.45) is 6.99. The predicted molar refractivity (Wildman–Crippen MR) is 128 cm³/mol. The molecule has 0 atom stereocenters. The van der Waals surface area contributed by atoms with Gasteiger partial charge >= 0.3 is 0 Å². The molecule has 0 heterocycles. The molecular weight excluding hydrogens is 370 g/mol. The zero-order chi connectivity index (χ0) is 21.8. The number of carbonyl (C=O) groups excluding carboxylic acids is 1. The van der Waals surface area contributed by atoms with Crippen LogP contribution < -0.4 is 4.74 Å². The highest BCUT2D eigenvalue weighted by Gasteiger charge is 2.10. The zero-order valence-corrected chi connectivity index (χ0v) is 19.1. The van der Waals surface area contributed by atoms with E-state index in [1.54, 1.807) is 7.11 Å². The minimum absolute atomic E-state index is 0.275. The van der Waals surface area contributed by atoms with Gasteiger partial charge in [0.05, 0.1) is 7.11 Å². The lowest BCUT2D eigenvalue weighted by Gasteiger charge is -2.17. The Bertz CT molecular complexity index is 793. The number of hydrogen-bond donors (Lipinski definition) is 0. The van der Waals surface area contributed by atoms with Gasteiger partial charge < -0.3 is 9.64 Å². The monoisotopic (exact) mass is 407 g/mol. The molecule has 0 fully saturated rings. The van der Waals surface area contributed by atoms with E-state index in [2.05, 4.69) is 56.3 Å². The van der Waals surface area contributed by atoms with E-state index in [1.807, 2.05) is 24.1 Å². The molecule has 0 saturated heterocycles. The fourth-order valence-electron chi connectivity index (χ4n) is 3.67. The summed E-state index contributed by atoms with van der Waals surface area (Å²) >= 11 is 0. The maximum Gasteiger partial charge on any atom is 0.222 e. The van der Waals surface area contributed by atoms with Crippen LogP contribution in [0.1, 0.15) is 69.9 Å². The third-order valence-corrected chi connectivity index (χ3v) is 5.69. The second kappa shape index (κ2) is 12.9. The van der Waals surface area contributed by atoms with Crippen molar-refractivity contribution in [2.24, 2.45) is 0 Å². The third-order valence-electron chi connectivity index (χ3n) is 5.69. The first-order valence-corrected chi connectivity index (χ1v) is 11.2. The Labute approximate surface area is 182 Å². The molecular formula is C27H37NO2. The van der Waals surface area contributed by atoms with Crippen molar-refractivity contribution in [2.45, 2.75) is 58.8 Å². The SMILES string of the molecule is CCCCN(C)C(=O)CCCCC/C(=C(/C)c1ccc(OC)cc1)c1ccccc1. The van der Waals surface area contributed by atoms with Gasteiger partial charge in [-0.3, -0.25) is 4.79 Å². The molecule has 0 radical (unpaired) electrons.